The largest absolute Gasteiger partial charge is 0.492 e. The minimum Gasteiger partial charge on any atom is -0.492 e. The smallest absolute Gasteiger partial charge is 0.303 e. The minimum atomic E-state index is -0.871. The summed E-state index contributed by atoms with van der Waals surface area (Å²) >= 11 is 6.27. The van der Waals surface area contributed by atoms with Crippen LogP contribution in [-0.2, 0) is 21.5 Å². The van der Waals surface area contributed by atoms with E-state index in [4.69, 9.17) is 31.3 Å². The van der Waals surface area contributed by atoms with Gasteiger partial charge in [0.2, 0.25) is 0 Å². The van der Waals surface area contributed by atoms with Crippen molar-refractivity contribution in [3.05, 3.63) is 28.3 Å². The van der Waals surface area contributed by atoms with Gasteiger partial charge >= 0.3 is 5.97 Å². The van der Waals surface area contributed by atoms with E-state index in [1.807, 2.05) is 12.1 Å². The van der Waals surface area contributed by atoms with E-state index >= 15 is 0 Å². The van der Waals surface area contributed by atoms with Crippen LogP contribution in [0.1, 0.15) is 31.4 Å². The van der Waals surface area contributed by atoms with Crippen LogP contribution in [0.25, 0.3) is 0 Å². The molecule has 3 rings (SSSR count). The number of likely N-dealkylation sites (tertiary alicyclic amines) is 1. The molecule has 0 aliphatic carbocycles. The number of benzene rings is 1. The summed E-state index contributed by atoms with van der Waals surface area (Å²) in [4.78, 5) is 21.3. The van der Waals surface area contributed by atoms with Gasteiger partial charge in [0, 0.05) is 47.1 Å². The number of hydrogen-bond acceptors (Lipinski definition) is 5. The fraction of sp³-hybridized carbons (Fsp3) is 0.556. The van der Waals surface area contributed by atoms with Gasteiger partial charge in [0.1, 0.15) is 5.75 Å². The Kier molecular flexibility index (Phi) is 6.49. The SMILES string of the molecule is CC1(C)COc2c(CN3C[C@@H](CC(=O)O)[C@H](O)C3)cc(Cl)cc21.O=CO. The van der Waals surface area contributed by atoms with E-state index < -0.39 is 12.1 Å². The van der Waals surface area contributed by atoms with Crippen molar-refractivity contribution in [1.29, 1.82) is 0 Å². The number of aliphatic hydroxyl groups excluding tert-OH is 1. The Morgan fingerprint density at radius 1 is 1.42 bits per heavy atom. The van der Waals surface area contributed by atoms with Crippen LogP contribution in [0.15, 0.2) is 12.1 Å². The van der Waals surface area contributed by atoms with Crippen molar-refractivity contribution in [1.82, 2.24) is 4.90 Å². The van der Waals surface area contributed by atoms with Gasteiger partial charge in [-0.3, -0.25) is 14.5 Å². The lowest BCUT2D eigenvalue weighted by Crippen LogP contribution is -2.21. The minimum absolute atomic E-state index is 0.00511. The maximum atomic E-state index is 10.9. The average Bonchev–Trinajstić information content (AvgIpc) is 3.00. The molecule has 0 spiro atoms. The van der Waals surface area contributed by atoms with Gasteiger partial charge in [0.15, 0.2) is 0 Å². The van der Waals surface area contributed by atoms with Gasteiger partial charge in [0.05, 0.1) is 19.1 Å². The van der Waals surface area contributed by atoms with Gasteiger partial charge in [-0.1, -0.05) is 25.4 Å². The second kappa shape index (κ2) is 8.24. The molecule has 1 aromatic rings. The molecule has 0 unspecified atom stereocenters. The molecule has 2 atom stereocenters. The molecule has 0 bridgehead atoms. The predicted octanol–water partition coefficient (Wildman–Crippen LogP) is 1.98. The van der Waals surface area contributed by atoms with E-state index in [0.717, 1.165) is 16.9 Å². The molecule has 8 heteroatoms. The number of hydrogen-bond donors (Lipinski definition) is 3. The lowest BCUT2D eigenvalue weighted by atomic mass is 9.86. The lowest BCUT2D eigenvalue weighted by Gasteiger charge is -2.19. The summed E-state index contributed by atoms with van der Waals surface area (Å²) in [5.41, 5.74) is 2.05. The molecule has 0 radical (unpaired) electrons. The topological polar surface area (TPSA) is 107 Å². The third kappa shape index (κ3) is 4.66. The summed E-state index contributed by atoms with van der Waals surface area (Å²) in [6.07, 6.45) is -0.606. The van der Waals surface area contributed by atoms with Crippen LogP contribution in [0.3, 0.4) is 0 Å². The van der Waals surface area contributed by atoms with Gasteiger partial charge in [-0.25, -0.2) is 0 Å². The van der Waals surface area contributed by atoms with E-state index in [-0.39, 0.29) is 24.2 Å². The number of carboxylic acid groups (broad SMARTS) is 2. The molecule has 144 valence electrons. The third-order valence-electron chi connectivity index (χ3n) is 4.75. The van der Waals surface area contributed by atoms with Crippen LogP contribution < -0.4 is 4.74 Å². The van der Waals surface area contributed by atoms with Gasteiger partial charge in [-0.2, -0.15) is 0 Å². The van der Waals surface area contributed by atoms with Crippen LogP contribution in [0.5, 0.6) is 5.75 Å². The van der Waals surface area contributed by atoms with Crippen molar-refractivity contribution >= 4 is 24.0 Å². The van der Waals surface area contributed by atoms with Crippen molar-refractivity contribution in [3.63, 3.8) is 0 Å². The highest BCUT2D eigenvalue weighted by Crippen LogP contribution is 2.43. The molecule has 2 aliphatic rings. The van der Waals surface area contributed by atoms with Crippen LogP contribution in [0.4, 0.5) is 0 Å². The number of β-amino-alcohol motifs (C(OH)–C–C–N with tert-alkyl or cyclic N) is 1. The summed E-state index contributed by atoms with van der Waals surface area (Å²) in [5.74, 6) is -0.211. The van der Waals surface area contributed by atoms with Crippen LogP contribution in [0, 0.1) is 5.92 Å². The molecule has 2 heterocycles. The van der Waals surface area contributed by atoms with Gasteiger partial charge in [0.25, 0.3) is 6.47 Å². The molecular weight excluding hydrogens is 362 g/mol. The molecule has 26 heavy (non-hydrogen) atoms. The summed E-state index contributed by atoms with van der Waals surface area (Å²) < 4.78 is 5.89. The van der Waals surface area contributed by atoms with Crippen molar-refractivity contribution < 1.29 is 29.6 Å². The quantitative estimate of drug-likeness (QED) is 0.680. The molecule has 7 nitrogen and oxygen atoms in total. The van der Waals surface area contributed by atoms with Gasteiger partial charge in [-0.05, 0) is 12.1 Å². The first kappa shape index (κ1) is 20.5. The number of aliphatic carboxylic acids is 1. The third-order valence-corrected chi connectivity index (χ3v) is 4.97. The highest BCUT2D eigenvalue weighted by molar-refractivity contribution is 6.30. The van der Waals surface area contributed by atoms with E-state index in [2.05, 4.69) is 18.7 Å². The number of nitrogens with zero attached hydrogens (tertiary/aromatic N) is 1. The Bertz CT molecular complexity index is 678. The van der Waals surface area contributed by atoms with E-state index in [9.17, 15) is 9.90 Å². The summed E-state index contributed by atoms with van der Waals surface area (Å²) in [5, 5.41) is 26.5. The molecular formula is C18H24ClNO6. The average molecular weight is 386 g/mol. The first-order chi connectivity index (χ1) is 12.2. The zero-order valence-corrected chi connectivity index (χ0v) is 15.6. The number of carboxylic acids is 1. The summed E-state index contributed by atoms with van der Waals surface area (Å²) in [7, 11) is 0. The molecule has 1 saturated heterocycles. The van der Waals surface area contributed by atoms with E-state index in [0.29, 0.717) is 31.3 Å². The molecule has 1 aromatic carbocycles. The van der Waals surface area contributed by atoms with Crippen LogP contribution in [-0.4, -0.2) is 58.5 Å². The number of halogens is 1. The maximum Gasteiger partial charge on any atom is 0.303 e. The van der Waals surface area contributed by atoms with Crippen LogP contribution >= 0.6 is 11.6 Å². The molecule has 1 fully saturated rings. The second-order valence-electron chi connectivity index (χ2n) is 7.34. The van der Waals surface area contributed by atoms with Crippen molar-refractivity contribution in [2.24, 2.45) is 5.92 Å². The number of fused-ring (bicyclic) bond motifs is 1. The Morgan fingerprint density at radius 3 is 2.69 bits per heavy atom. The number of ether oxygens (including phenoxy) is 1. The van der Waals surface area contributed by atoms with Crippen molar-refractivity contribution in [3.8, 4) is 5.75 Å². The fourth-order valence-corrected chi connectivity index (χ4v) is 3.75. The highest BCUT2D eigenvalue weighted by atomic mass is 35.5. The Labute approximate surface area is 157 Å². The Balaban J connectivity index is 0.000000758. The second-order valence-corrected chi connectivity index (χ2v) is 7.78. The number of aliphatic hydroxyl groups is 1. The normalized spacial score (nSPS) is 23.5. The van der Waals surface area contributed by atoms with E-state index in [1.54, 1.807) is 0 Å². The monoisotopic (exact) mass is 385 g/mol. The summed E-state index contributed by atoms with van der Waals surface area (Å²) in [6.45, 7) is 6.27. The summed E-state index contributed by atoms with van der Waals surface area (Å²) in [6, 6.07) is 3.86. The maximum absolute atomic E-state index is 10.9. The highest BCUT2D eigenvalue weighted by Gasteiger charge is 2.36. The number of carbonyl (C=O) groups is 2. The van der Waals surface area contributed by atoms with Gasteiger partial charge in [-0.15, -0.1) is 0 Å². The van der Waals surface area contributed by atoms with Crippen molar-refractivity contribution in [2.45, 2.75) is 38.3 Å². The molecule has 0 amide bonds. The predicted molar refractivity (Wildman–Crippen MR) is 95.7 cm³/mol. The zero-order chi connectivity index (χ0) is 19.5. The zero-order valence-electron chi connectivity index (χ0n) is 14.8. The van der Waals surface area contributed by atoms with Gasteiger partial charge < -0.3 is 20.1 Å². The van der Waals surface area contributed by atoms with E-state index in [1.165, 1.54) is 0 Å². The first-order valence-corrected chi connectivity index (χ1v) is 8.71. The lowest BCUT2D eigenvalue weighted by molar-refractivity contribution is -0.138. The molecule has 0 saturated carbocycles. The Morgan fingerprint density at radius 2 is 2.08 bits per heavy atom. The molecule has 3 N–H and O–H groups in total. The standard InChI is InChI=1S/C17H22ClNO4.CH2O2/c1-17(2)9-23-16-11(3-12(18)5-13(16)17)7-19-6-10(4-15(21)22)14(20)8-19;2-1-3/h3,5,10,14,20H,4,6-9H2,1-2H3,(H,21,22);1H,(H,2,3)/t10-,14-;/m1./s1. The fourth-order valence-electron chi connectivity index (χ4n) is 3.51. The Hall–Kier alpha value is -1.83. The van der Waals surface area contributed by atoms with Crippen molar-refractivity contribution in [2.75, 3.05) is 19.7 Å². The molecule has 0 aromatic heterocycles. The van der Waals surface area contributed by atoms with Crippen LogP contribution in [0.2, 0.25) is 5.02 Å². The molecule has 2 aliphatic heterocycles. The first-order valence-electron chi connectivity index (χ1n) is 8.33. The number of rotatable bonds is 4.